The average Bonchev–Trinajstić information content (AvgIpc) is 2.98. The largest absolute Gasteiger partial charge is 0.356 e. The number of nitrogens with zero attached hydrogens (tertiary/aromatic N) is 4. The number of hydrogen-bond donors (Lipinski definition) is 0. The Bertz CT molecular complexity index is 817. The minimum absolute atomic E-state index is 0.180. The van der Waals surface area contributed by atoms with Gasteiger partial charge in [0.05, 0.1) is 10.3 Å². The molecule has 5 nitrogen and oxygen atoms in total. The number of aromatic nitrogens is 2. The van der Waals surface area contributed by atoms with E-state index in [9.17, 15) is 4.79 Å². The van der Waals surface area contributed by atoms with Crippen LogP contribution in [0.2, 0.25) is 0 Å². The average molecular weight is 373 g/mol. The van der Waals surface area contributed by atoms with E-state index in [0.717, 1.165) is 77.2 Å². The first kappa shape index (κ1) is 17.7. The molecule has 4 heterocycles. The minimum Gasteiger partial charge on any atom is -0.356 e. The van der Waals surface area contributed by atoms with Crippen molar-refractivity contribution < 1.29 is 4.79 Å². The second kappa shape index (κ2) is 7.14. The third kappa shape index (κ3) is 3.20. The molecule has 140 valence electrons. The SMILES string of the molecule is Cc1nc(N2CCCCC2)c2c(C)c(C(=O)N3CCC(C)CC3)sc2n1. The third-order valence-corrected chi connectivity index (χ3v) is 6.98. The van der Waals surface area contributed by atoms with Crippen molar-refractivity contribution in [3.63, 3.8) is 0 Å². The lowest BCUT2D eigenvalue weighted by atomic mass is 9.99. The molecule has 1 amide bonds. The predicted octanol–water partition coefficient (Wildman–Crippen LogP) is 4.17. The zero-order chi connectivity index (χ0) is 18.3. The second-order valence-corrected chi connectivity index (χ2v) is 8.85. The van der Waals surface area contributed by atoms with Gasteiger partial charge in [-0.25, -0.2) is 9.97 Å². The summed E-state index contributed by atoms with van der Waals surface area (Å²) in [5.74, 6) is 2.74. The number of thiophene rings is 1. The fourth-order valence-electron chi connectivity index (χ4n) is 4.12. The molecule has 0 aliphatic carbocycles. The molecule has 0 spiro atoms. The third-order valence-electron chi connectivity index (χ3n) is 5.80. The normalized spacial score (nSPS) is 19.3. The van der Waals surface area contributed by atoms with E-state index in [4.69, 9.17) is 4.98 Å². The van der Waals surface area contributed by atoms with E-state index >= 15 is 0 Å². The molecule has 2 aliphatic rings. The summed E-state index contributed by atoms with van der Waals surface area (Å²) >= 11 is 1.55. The van der Waals surface area contributed by atoms with Crippen LogP contribution in [0.5, 0.6) is 0 Å². The van der Waals surface area contributed by atoms with Crippen LogP contribution >= 0.6 is 11.3 Å². The summed E-state index contributed by atoms with van der Waals surface area (Å²) in [6.07, 6.45) is 5.93. The molecule has 2 aliphatic heterocycles. The Kier molecular flexibility index (Phi) is 4.86. The lowest BCUT2D eigenvalue weighted by molar-refractivity contribution is 0.0701. The van der Waals surface area contributed by atoms with Crippen molar-refractivity contribution in [2.75, 3.05) is 31.1 Å². The lowest BCUT2D eigenvalue weighted by Crippen LogP contribution is -2.37. The van der Waals surface area contributed by atoms with Gasteiger partial charge in [-0.3, -0.25) is 4.79 Å². The molecule has 26 heavy (non-hydrogen) atoms. The Morgan fingerprint density at radius 1 is 1.04 bits per heavy atom. The summed E-state index contributed by atoms with van der Waals surface area (Å²) in [5.41, 5.74) is 1.06. The maximum absolute atomic E-state index is 13.1. The first-order valence-corrected chi connectivity index (χ1v) is 10.7. The zero-order valence-corrected chi connectivity index (χ0v) is 16.9. The molecule has 0 saturated carbocycles. The van der Waals surface area contributed by atoms with Crippen LogP contribution in [-0.2, 0) is 0 Å². The summed E-state index contributed by atoms with van der Waals surface area (Å²) in [6, 6.07) is 0. The van der Waals surface area contributed by atoms with Gasteiger partial charge in [0, 0.05) is 26.2 Å². The molecular weight excluding hydrogens is 344 g/mol. The Hall–Kier alpha value is -1.69. The van der Waals surface area contributed by atoms with Crippen LogP contribution in [0, 0.1) is 19.8 Å². The number of aryl methyl sites for hydroxylation is 2. The summed E-state index contributed by atoms with van der Waals surface area (Å²) in [7, 11) is 0. The molecule has 2 saturated heterocycles. The van der Waals surface area contributed by atoms with Gasteiger partial charge >= 0.3 is 0 Å². The van der Waals surface area contributed by atoms with Gasteiger partial charge in [0.25, 0.3) is 5.91 Å². The quantitative estimate of drug-likeness (QED) is 0.794. The predicted molar refractivity (Wildman–Crippen MR) is 107 cm³/mol. The minimum atomic E-state index is 0.180. The van der Waals surface area contributed by atoms with Gasteiger partial charge < -0.3 is 9.80 Å². The molecule has 4 rings (SSSR count). The van der Waals surface area contributed by atoms with Crippen LogP contribution < -0.4 is 4.90 Å². The highest BCUT2D eigenvalue weighted by atomic mass is 32.1. The number of amides is 1. The van der Waals surface area contributed by atoms with E-state index in [2.05, 4.69) is 23.7 Å². The van der Waals surface area contributed by atoms with E-state index in [1.165, 1.54) is 19.3 Å². The van der Waals surface area contributed by atoms with Crippen molar-refractivity contribution in [3.8, 4) is 0 Å². The van der Waals surface area contributed by atoms with Crippen LogP contribution in [0.1, 0.15) is 60.1 Å². The summed E-state index contributed by atoms with van der Waals surface area (Å²) < 4.78 is 0. The summed E-state index contributed by atoms with van der Waals surface area (Å²) in [5, 5.41) is 1.09. The Balaban J connectivity index is 1.73. The Morgan fingerprint density at radius 2 is 1.73 bits per heavy atom. The van der Waals surface area contributed by atoms with E-state index < -0.39 is 0 Å². The number of rotatable bonds is 2. The first-order valence-electron chi connectivity index (χ1n) is 9.86. The molecular formula is C20H28N4OS. The highest BCUT2D eigenvalue weighted by Gasteiger charge is 2.27. The van der Waals surface area contributed by atoms with E-state index in [1.807, 2.05) is 11.8 Å². The van der Waals surface area contributed by atoms with Gasteiger partial charge in [0.2, 0.25) is 0 Å². The van der Waals surface area contributed by atoms with Gasteiger partial charge in [0.1, 0.15) is 16.5 Å². The smallest absolute Gasteiger partial charge is 0.264 e. The van der Waals surface area contributed by atoms with Crippen molar-refractivity contribution in [1.29, 1.82) is 0 Å². The number of likely N-dealkylation sites (tertiary alicyclic amines) is 1. The maximum atomic E-state index is 13.1. The standard InChI is InChI=1S/C20H28N4OS/c1-13-7-11-24(12-8-13)20(25)17-14(2)16-18(23-9-5-4-6-10-23)21-15(3)22-19(16)26-17/h13H,4-12H2,1-3H3. The molecule has 0 radical (unpaired) electrons. The Labute approximate surface area is 159 Å². The first-order chi connectivity index (χ1) is 12.5. The molecule has 0 unspecified atom stereocenters. The molecule has 0 N–H and O–H groups in total. The van der Waals surface area contributed by atoms with Gasteiger partial charge in [-0.2, -0.15) is 0 Å². The van der Waals surface area contributed by atoms with E-state index in [-0.39, 0.29) is 5.91 Å². The number of fused-ring (bicyclic) bond motifs is 1. The zero-order valence-electron chi connectivity index (χ0n) is 16.0. The second-order valence-electron chi connectivity index (χ2n) is 7.85. The van der Waals surface area contributed by atoms with Gasteiger partial charge in [0.15, 0.2) is 0 Å². The number of hydrogen-bond acceptors (Lipinski definition) is 5. The highest BCUT2D eigenvalue weighted by molar-refractivity contribution is 7.20. The van der Waals surface area contributed by atoms with Crippen LogP contribution in [0.3, 0.4) is 0 Å². The summed E-state index contributed by atoms with van der Waals surface area (Å²) in [6.45, 7) is 10.1. The molecule has 2 fully saturated rings. The van der Waals surface area contributed by atoms with E-state index in [0.29, 0.717) is 0 Å². The molecule has 0 aromatic carbocycles. The number of carbonyl (C=O) groups is 1. The van der Waals surface area contributed by atoms with Crippen LogP contribution in [-0.4, -0.2) is 47.0 Å². The monoisotopic (exact) mass is 372 g/mol. The van der Waals surface area contributed by atoms with Gasteiger partial charge in [-0.1, -0.05) is 6.92 Å². The van der Waals surface area contributed by atoms with Crippen molar-refractivity contribution in [2.24, 2.45) is 5.92 Å². The fourth-order valence-corrected chi connectivity index (χ4v) is 5.30. The maximum Gasteiger partial charge on any atom is 0.264 e. The van der Waals surface area contributed by atoms with E-state index in [1.54, 1.807) is 11.3 Å². The topological polar surface area (TPSA) is 49.3 Å². The molecule has 0 atom stereocenters. The van der Waals surface area contributed by atoms with Gasteiger partial charge in [-0.15, -0.1) is 11.3 Å². The molecule has 2 aromatic heterocycles. The number of piperidine rings is 2. The van der Waals surface area contributed by atoms with Crippen molar-refractivity contribution >= 4 is 33.3 Å². The Morgan fingerprint density at radius 3 is 2.42 bits per heavy atom. The van der Waals surface area contributed by atoms with Crippen LogP contribution in [0.15, 0.2) is 0 Å². The van der Waals surface area contributed by atoms with Crippen LogP contribution in [0.25, 0.3) is 10.2 Å². The lowest BCUT2D eigenvalue weighted by Gasteiger charge is -2.30. The van der Waals surface area contributed by atoms with Crippen LogP contribution in [0.4, 0.5) is 5.82 Å². The molecule has 6 heteroatoms. The fraction of sp³-hybridized carbons (Fsp3) is 0.650. The number of carbonyl (C=O) groups excluding carboxylic acids is 1. The molecule has 0 bridgehead atoms. The van der Waals surface area contributed by atoms with Crippen molar-refractivity contribution in [2.45, 2.75) is 52.9 Å². The van der Waals surface area contributed by atoms with Crippen molar-refractivity contribution in [1.82, 2.24) is 14.9 Å². The van der Waals surface area contributed by atoms with Crippen molar-refractivity contribution in [3.05, 3.63) is 16.3 Å². The van der Waals surface area contributed by atoms with Gasteiger partial charge in [-0.05, 0) is 57.4 Å². The molecule has 2 aromatic rings. The summed E-state index contributed by atoms with van der Waals surface area (Å²) in [4.78, 5) is 28.8. The highest BCUT2D eigenvalue weighted by Crippen LogP contribution is 2.37. The number of anilines is 1.